The molecule has 0 aliphatic carbocycles. The predicted molar refractivity (Wildman–Crippen MR) is 94.9 cm³/mol. The molecule has 4 nitrogen and oxygen atoms in total. The molecule has 0 bridgehead atoms. The molecule has 130 valence electrons. The highest BCUT2D eigenvalue weighted by Crippen LogP contribution is 2.31. The first kappa shape index (κ1) is 17.4. The lowest BCUT2D eigenvalue weighted by Crippen LogP contribution is -2.40. The van der Waals surface area contributed by atoms with E-state index in [4.69, 9.17) is 4.74 Å². The van der Waals surface area contributed by atoms with Crippen LogP contribution in [-0.2, 0) is 22.4 Å². The van der Waals surface area contributed by atoms with E-state index in [0.717, 1.165) is 11.1 Å². The van der Waals surface area contributed by atoms with Crippen molar-refractivity contribution in [3.05, 3.63) is 83.4 Å². The summed E-state index contributed by atoms with van der Waals surface area (Å²) in [4.78, 5) is 12.2. The third kappa shape index (κ3) is 3.98. The van der Waals surface area contributed by atoms with Gasteiger partial charge in [0.2, 0.25) is 0 Å². The molecule has 0 saturated carbocycles. The van der Waals surface area contributed by atoms with Crippen LogP contribution in [0, 0.1) is 0 Å². The van der Waals surface area contributed by atoms with Gasteiger partial charge in [0, 0.05) is 12.8 Å². The molecule has 1 aliphatic heterocycles. The summed E-state index contributed by atoms with van der Waals surface area (Å²) in [5, 5.41) is 21.0. The van der Waals surface area contributed by atoms with Gasteiger partial charge >= 0.3 is 5.97 Å². The van der Waals surface area contributed by atoms with Crippen LogP contribution in [0.1, 0.15) is 18.1 Å². The molecule has 1 aliphatic rings. The second-order valence-corrected chi connectivity index (χ2v) is 6.58. The quantitative estimate of drug-likeness (QED) is 0.794. The van der Waals surface area contributed by atoms with Crippen molar-refractivity contribution in [2.45, 2.75) is 37.6 Å². The van der Waals surface area contributed by atoms with Crippen molar-refractivity contribution in [3.63, 3.8) is 0 Å². The third-order valence-electron chi connectivity index (χ3n) is 4.55. The van der Waals surface area contributed by atoms with E-state index >= 15 is 0 Å². The van der Waals surface area contributed by atoms with E-state index in [0.29, 0.717) is 12.8 Å². The first-order chi connectivity index (χ1) is 12.0. The average molecular weight is 338 g/mol. The number of carbonyl (C=O) groups excluding carboxylic acids is 1. The van der Waals surface area contributed by atoms with Crippen molar-refractivity contribution in [1.29, 1.82) is 0 Å². The molecule has 0 spiro atoms. The van der Waals surface area contributed by atoms with Gasteiger partial charge in [0.1, 0.15) is 6.10 Å². The highest BCUT2D eigenvalue weighted by Gasteiger charge is 2.43. The Bertz CT molecular complexity index is 754. The van der Waals surface area contributed by atoms with Gasteiger partial charge in [-0.15, -0.1) is 0 Å². The Morgan fingerprint density at radius 2 is 1.44 bits per heavy atom. The van der Waals surface area contributed by atoms with E-state index in [-0.39, 0.29) is 5.57 Å². The molecule has 3 atom stereocenters. The van der Waals surface area contributed by atoms with Crippen LogP contribution in [0.2, 0.25) is 0 Å². The molecule has 25 heavy (non-hydrogen) atoms. The minimum atomic E-state index is -1.14. The molecule has 0 radical (unpaired) electrons. The van der Waals surface area contributed by atoms with Crippen LogP contribution in [0.4, 0.5) is 0 Å². The lowest BCUT2D eigenvalue weighted by atomic mass is 9.91. The second-order valence-electron chi connectivity index (χ2n) is 6.58. The first-order valence-corrected chi connectivity index (χ1v) is 8.38. The van der Waals surface area contributed by atoms with Crippen LogP contribution in [-0.4, -0.2) is 34.0 Å². The maximum atomic E-state index is 12.2. The minimum absolute atomic E-state index is 0.207. The Morgan fingerprint density at radius 3 is 2.00 bits per heavy atom. The molecular formula is C21H22O4. The summed E-state index contributed by atoms with van der Waals surface area (Å²) in [7, 11) is 0. The topological polar surface area (TPSA) is 66.8 Å². The molecule has 3 rings (SSSR count). The fraction of sp³-hybridized carbons (Fsp3) is 0.286. The summed E-state index contributed by atoms with van der Waals surface area (Å²) >= 11 is 0. The minimum Gasteiger partial charge on any atom is -0.449 e. The molecular weight excluding hydrogens is 316 g/mol. The van der Waals surface area contributed by atoms with Gasteiger partial charge in [0.15, 0.2) is 5.60 Å². The average Bonchev–Trinajstić information content (AvgIpc) is 2.93. The number of hydrogen-bond acceptors (Lipinski definition) is 4. The summed E-state index contributed by atoms with van der Waals surface area (Å²) in [6.45, 7) is 1.67. The summed E-state index contributed by atoms with van der Waals surface area (Å²) in [5.74, 6) is -0.571. The summed E-state index contributed by atoms with van der Waals surface area (Å²) in [6, 6.07) is 19.0. The molecule has 0 saturated heterocycles. The zero-order valence-corrected chi connectivity index (χ0v) is 14.1. The van der Waals surface area contributed by atoms with Gasteiger partial charge in [-0.3, -0.25) is 0 Å². The van der Waals surface area contributed by atoms with E-state index < -0.39 is 23.8 Å². The van der Waals surface area contributed by atoms with Gasteiger partial charge in [-0.2, -0.15) is 0 Å². The van der Waals surface area contributed by atoms with Crippen LogP contribution < -0.4 is 0 Å². The second kappa shape index (κ2) is 7.21. The number of rotatable bonds is 6. The number of carbonyl (C=O) groups is 1. The standard InChI is InChI=1S/C21H22O4/c1-21(19(23)13-16-10-6-3-7-11-16)14-17(20(24)25-21)18(22)12-15-8-4-2-5-9-15/h2-11,14,18-19,22-23H,12-13H2,1H3. The van der Waals surface area contributed by atoms with Crippen LogP contribution in [0.15, 0.2) is 72.3 Å². The number of benzene rings is 2. The summed E-state index contributed by atoms with van der Waals surface area (Å²) in [5.41, 5.74) is 0.958. The van der Waals surface area contributed by atoms with Crippen LogP contribution in [0.5, 0.6) is 0 Å². The van der Waals surface area contributed by atoms with Crippen LogP contribution in [0.3, 0.4) is 0 Å². The van der Waals surface area contributed by atoms with Crippen LogP contribution >= 0.6 is 0 Å². The fourth-order valence-electron chi connectivity index (χ4n) is 3.04. The summed E-state index contributed by atoms with van der Waals surface area (Å²) in [6.07, 6.45) is 0.410. The zero-order valence-electron chi connectivity index (χ0n) is 14.1. The van der Waals surface area contributed by atoms with E-state index in [1.807, 2.05) is 60.7 Å². The van der Waals surface area contributed by atoms with Gasteiger partial charge in [-0.1, -0.05) is 60.7 Å². The first-order valence-electron chi connectivity index (χ1n) is 8.38. The fourth-order valence-corrected chi connectivity index (χ4v) is 3.04. The Labute approximate surface area is 147 Å². The van der Waals surface area contributed by atoms with E-state index in [2.05, 4.69) is 0 Å². The van der Waals surface area contributed by atoms with E-state index in [1.165, 1.54) is 0 Å². The molecule has 2 aromatic carbocycles. The van der Waals surface area contributed by atoms with Crippen molar-refractivity contribution >= 4 is 5.97 Å². The smallest absolute Gasteiger partial charge is 0.337 e. The number of ether oxygens (including phenoxy) is 1. The molecule has 0 aromatic heterocycles. The van der Waals surface area contributed by atoms with Gasteiger partial charge in [0.25, 0.3) is 0 Å². The molecule has 2 N–H and O–H groups in total. The van der Waals surface area contributed by atoms with Gasteiger partial charge < -0.3 is 14.9 Å². The largest absolute Gasteiger partial charge is 0.449 e. The van der Waals surface area contributed by atoms with Crippen LogP contribution in [0.25, 0.3) is 0 Å². The maximum absolute atomic E-state index is 12.2. The number of cyclic esters (lactones) is 1. The van der Waals surface area contributed by atoms with Crippen molar-refractivity contribution in [2.75, 3.05) is 0 Å². The third-order valence-corrected chi connectivity index (χ3v) is 4.55. The zero-order chi connectivity index (χ0) is 17.9. The van der Waals surface area contributed by atoms with E-state index in [9.17, 15) is 15.0 Å². The molecule has 0 fully saturated rings. The lowest BCUT2D eigenvalue weighted by Gasteiger charge is -2.27. The Hall–Kier alpha value is -2.43. The highest BCUT2D eigenvalue weighted by atomic mass is 16.6. The monoisotopic (exact) mass is 338 g/mol. The predicted octanol–water partition coefficient (Wildman–Crippen LogP) is 2.44. The molecule has 0 amide bonds. The Balaban J connectivity index is 1.73. The normalized spacial score (nSPS) is 22.2. The van der Waals surface area contributed by atoms with Crippen molar-refractivity contribution in [1.82, 2.24) is 0 Å². The maximum Gasteiger partial charge on any atom is 0.337 e. The Morgan fingerprint density at radius 1 is 0.920 bits per heavy atom. The number of aliphatic hydroxyl groups excluding tert-OH is 2. The lowest BCUT2D eigenvalue weighted by molar-refractivity contribution is -0.154. The Kier molecular flexibility index (Phi) is 5.02. The number of esters is 1. The molecule has 2 aromatic rings. The van der Waals surface area contributed by atoms with Crippen molar-refractivity contribution < 1.29 is 19.7 Å². The van der Waals surface area contributed by atoms with Gasteiger partial charge in [0.05, 0.1) is 11.7 Å². The number of hydrogen-bond donors (Lipinski definition) is 2. The number of aliphatic hydroxyl groups is 2. The SMILES string of the molecule is CC1(C(O)Cc2ccccc2)C=C(C(O)Cc2ccccc2)C(=O)O1. The molecule has 3 unspecified atom stereocenters. The van der Waals surface area contributed by atoms with Gasteiger partial charge in [-0.25, -0.2) is 4.79 Å². The van der Waals surface area contributed by atoms with E-state index in [1.54, 1.807) is 13.0 Å². The highest BCUT2D eigenvalue weighted by molar-refractivity contribution is 5.92. The van der Waals surface area contributed by atoms with Crippen molar-refractivity contribution in [2.24, 2.45) is 0 Å². The van der Waals surface area contributed by atoms with Crippen molar-refractivity contribution in [3.8, 4) is 0 Å². The van der Waals surface area contributed by atoms with Gasteiger partial charge in [-0.05, 0) is 24.1 Å². The molecule has 4 heteroatoms. The summed E-state index contributed by atoms with van der Waals surface area (Å²) < 4.78 is 5.41. The molecule has 1 heterocycles.